The summed E-state index contributed by atoms with van der Waals surface area (Å²) in [5.41, 5.74) is 2.06. The molecule has 3 rings (SSSR count). The Bertz CT molecular complexity index is 1180. The van der Waals surface area contributed by atoms with Crippen molar-refractivity contribution in [3.8, 4) is 0 Å². The smallest absolute Gasteiger partial charge is 0.340 e. The summed E-state index contributed by atoms with van der Waals surface area (Å²) in [7, 11) is -4.00. The van der Waals surface area contributed by atoms with E-state index in [1.165, 1.54) is 12.1 Å². The number of aryl methyl sites for hydroxylation is 3. The molecule has 0 radical (unpaired) electrons. The fraction of sp³-hybridized carbons (Fsp3) is 0.375. The summed E-state index contributed by atoms with van der Waals surface area (Å²) in [6, 6.07) is 8.88. The van der Waals surface area contributed by atoms with Crippen molar-refractivity contribution in [1.82, 2.24) is 10.6 Å². The maximum Gasteiger partial charge on any atom is 0.340 e. The quantitative estimate of drug-likeness (QED) is 0.514. The summed E-state index contributed by atoms with van der Waals surface area (Å²) in [6.07, 6.45) is 3.79. The molecule has 1 saturated carbocycles. The highest BCUT2D eigenvalue weighted by Gasteiger charge is 2.24. The summed E-state index contributed by atoms with van der Waals surface area (Å²) in [6.45, 7) is 4.60. The van der Waals surface area contributed by atoms with E-state index in [4.69, 9.17) is 4.74 Å². The minimum atomic E-state index is -4.00. The van der Waals surface area contributed by atoms with Crippen molar-refractivity contribution >= 4 is 33.6 Å². The van der Waals surface area contributed by atoms with Crippen LogP contribution in [0.3, 0.4) is 0 Å². The second-order valence-corrected chi connectivity index (χ2v) is 10.1. The minimum absolute atomic E-state index is 0.0197. The van der Waals surface area contributed by atoms with Crippen LogP contribution in [0.2, 0.25) is 0 Å². The number of amides is 3. The number of esters is 1. The molecule has 0 aromatic heterocycles. The molecule has 182 valence electrons. The van der Waals surface area contributed by atoms with Gasteiger partial charge in [0.15, 0.2) is 6.61 Å². The summed E-state index contributed by atoms with van der Waals surface area (Å²) >= 11 is 0. The van der Waals surface area contributed by atoms with Crippen molar-refractivity contribution in [3.05, 3.63) is 58.7 Å². The Labute approximate surface area is 199 Å². The Hall–Kier alpha value is -3.40. The predicted octanol–water partition coefficient (Wildman–Crippen LogP) is 3.34. The molecule has 0 spiro atoms. The van der Waals surface area contributed by atoms with Gasteiger partial charge < -0.3 is 10.1 Å². The molecular weight excluding hydrogens is 458 g/mol. The molecular formula is C24H29N3O6S. The summed E-state index contributed by atoms with van der Waals surface area (Å²) in [5, 5.41) is 4.83. The number of nitrogens with one attached hydrogen (secondary N) is 3. The lowest BCUT2D eigenvalue weighted by atomic mass is 10.1. The molecule has 1 aliphatic carbocycles. The van der Waals surface area contributed by atoms with Gasteiger partial charge in [-0.1, -0.05) is 42.7 Å². The first-order chi connectivity index (χ1) is 16.1. The number of carbonyl (C=O) groups excluding carboxylic acids is 3. The van der Waals surface area contributed by atoms with E-state index in [0.717, 1.165) is 31.2 Å². The third-order valence-corrected chi connectivity index (χ3v) is 7.21. The van der Waals surface area contributed by atoms with E-state index in [2.05, 4.69) is 15.4 Å². The number of carbonyl (C=O) groups is 3. The lowest BCUT2D eigenvalue weighted by Crippen LogP contribution is -2.45. The predicted molar refractivity (Wildman–Crippen MR) is 127 cm³/mol. The number of sulfonamides is 1. The zero-order valence-electron chi connectivity index (χ0n) is 19.4. The first-order valence-electron chi connectivity index (χ1n) is 11.0. The van der Waals surface area contributed by atoms with Crippen LogP contribution in [0.1, 0.15) is 52.7 Å². The lowest BCUT2D eigenvalue weighted by Gasteiger charge is -2.16. The zero-order chi connectivity index (χ0) is 24.9. The van der Waals surface area contributed by atoms with Gasteiger partial charge >= 0.3 is 12.0 Å². The van der Waals surface area contributed by atoms with E-state index >= 15 is 0 Å². The normalized spacial score (nSPS) is 13.9. The Kier molecular flexibility index (Phi) is 7.93. The van der Waals surface area contributed by atoms with Gasteiger partial charge in [-0.05, 0) is 56.9 Å². The number of hydrogen-bond donors (Lipinski definition) is 3. The van der Waals surface area contributed by atoms with Crippen molar-refractivity contribution in [2.24, 2.45) is 0 Å². The fourth-order valence-corrected chi connectivity index (χ4v) is 5.73. The second-order valence-electron chi connectivity index (χ2n) is 8.46. The van der Waals surface area contributed by atoms with Crippen LogP contribution >= 0.6 is 0 Å². The van der Waals surface area contributed by atoms with Crippen molar-refractivity contribution < 1.29 is 27.5 Å². The van der Waals surface area contributed by atoms with Crippen LogP contribution in [0, 0.1) is 20.8 Å². The first-order valence-corrected chi connectivity index (χ1v) is 12.5. The third kappa shape index (κ3) is 6.34. The molecule has 1 aliphatic rings. The first kappa shape index (κ1) is 25.2. The van der Waals surface area contributed by atoms with Gasteiger partial charge in [0.25, 0.3) is 15.9 Å². The summed E-state index contributed by atoms with van der Waals surface area (Å²) in [4.78, 5) is 36.6. The van der Waals surface area contributed by atoms with E-state index < -0.39 is 34.5 Å². The molecule has 0 aliphatic heterocycles. The van der Waals surface area contributed by atoms with E-state index in [-0.39, 0.29) is 22.2 Å². The van der Waals surface area contributed by atoms with Gasteiger partial charge in [0.05, 0.1) is 16.1 Å². The minimum Gasteiger partial charge on any atom is -0.452 e. The number of anilines is 1. The molecule has 9 nitrogen and oxygen atoms in total. The van der Waals surface area contributed by atoms with Crippen LogP contribution in [0.4, 0.5) is 10.5 Å². The number of ether oxygens (including phenoxy) is 1. The topological polar surface area (TPSA) is 131 Å². The van der Waals surface area contributed by atoms with Crippen LogP contribution in [0.5, 0.6) is 0 Å². The fourth-order valence-electron chi connectivity index (χ4n) is 4.20. The van der Waals surface area contributed by atoms with E-state index in [1.54, 1.807) is 38.1 Å². The van der Waals surface area contributed by atoms with Gasteiger partial charge in [-0.25, -0.2) is 18.0 Å². The molecule has 10 heteroatoms. The third-order valence-electron chi connectivity index (χ3n) is 5.54. The molecule has 0 bridgehead atoms. The van der Waals surface area contributed by atoms with Gasteiger partial charge in [0.2, 0.25) is 0 Å². The molecule has 0 saturated heterocycles. The maximum absolute atomic E-state index is 13.1. The van der Waals surface area contributed by atoms with E-state index in [0.29, 0.717) is 11.1 Å². The SMILES string of the molecule is Cc1cc(C)c(S(=O)(=O)Nc2ccccc2C(=O)OCC(=O)NC(=O)NC2CCCC2)c(C)c1. The van der Waals surface area contributed by atoms with E-state index in [1.807, 2.05) is 6.92 Å². The highest BCUT2D eigenvalue weighted by atomic mass is 32.2. The molecule has 0 heterocycles. The number of rotatable bonds is 7. The number of urea groups is 1. The molecule has 1 fully saturated rings. The number of benzene rings is 2. The van der Waals surface area contributed by atoms with Crippen LogP contribution in [0.15, 0.2) is 41.3 Å². The molecule has 2 aromatic carbocycles. The molecule has 0 atom stereocenters. The number of para-hydroxylation sites is 1. The Morgan fingerprint density at radius 1 is 1.00 bits per heavy atom. The monoisotopic (exact) mass is 487 g/mol. The molecule has 0 unspecified atom stereocenters. The van der Waals surface area contributed by atoms with Crippen molar-refractivity contribution in [2.75, 3.05) is 11.3 Å². The van der Waals surface area contributed by atoms with Crippen LogP contribution < -0.4 is 15.4 Å². The highest BCUT2D eigenvalue weighted by Crippen LogP contribution is 2.26. The Morgan fingerprint density at radius 2 is 1.62 bits per heavy atom. The van der Waals surface area contributed by atoms with Crippen LogP contribution in [-0.4, -0.2) is 39.0 Å². The van der Waals surface area contributed by atoms with Crippen molar-refractivity contribution in [2.45, 2.75) is 57.4 Å². The number of hydrogen-bond acceptors (Lipinski definition) is 6. The van der Waals surface area contributed by atoms with Gasteiger partial charge in [0.1, 0.15) is 0 Å². The van der Waals surface area contributed by atoms with E-state index in [9.17, 15) is 22.8 Å². The number of imide groups is 1. The van der Waals surface area contributed by atoms with Gasteiger partial charge in [0, 0.05) is 6.04 Å². The average molecular weight is 488 g/mol. The molecule has 34 heavy (non-hydrogen) atoms. The van der Waals surface area contributed by atoms with Gasteiger partial charge in [-0.3, -0.25) is 14.8 Å². The maximum atomic E-state index is 13.1. The van der Waals surface area contributed by atoms with Crippen LogP contribution in [0.25, 0.3) is 0 Å². The molecule has 3 amide bonds. The summed E-state index contributed by atoms with van der Waals surface area (Å²) in [5.74, 6) is -1.69. The lowest BCUT2D eigenvalue weighted by molar-refractivity contribution is -0.123. The molecule has 2 aromatic rings. The van der Waals surface area contributed by atoms with Crippen molar-refractivity contribution in [1.29, 1.82) is 0 Å². The van der Waals surface area contributed by atoms with Gasteiger partial charge in [-0.15, -0.1) is 0 Å². The standard InChI is InChI=1S/C24H29N3O6S/c1-15-12-16(2)22(17(3)13-15)34(31,32)27-20-11-7-6-10-19(20)23(29)33-14-21(28)26-24(30)25-18-8-4-5-9-18/h6-7,10-13,18,27H,4-5,8-9,14H2,1-3H3,(H2,25,26,28,30). The van der Waals surface area contributed by atoms with Gasteiger partial charge in [-0.2, -0.15) is 0 Å². The second kappa shape index (κ2) is 10.7. The highest BCUT2D eigenvalue weighted by molar-refractivity contribution is 7.92. The average Bonchev–Trinajstić information content (AvgIpc) is 3.23. The summed E-state index contributed by atoms with van der Waals surface area (Å²) < 4.78 is 33.6. The largest absolute Gasteiger partial charge is 0.452 e. The van der Waals surface area contributed by atoms with Crippen molar-refractivity contribution in [3.63, 3.8) is 0 Å². The Morgan fingerprint density at radius 3 is 2.26 bits per heavy atom. The van der Waals surface area contributed by atoms with Crippen LogP contribution in [-0.2, 0) is 19.6 Å². The Balaban J connectivity index is 1.66. The molecule has 3 N–H and O–H groups in total. The zero-order valence-corrected chi connectivity index (χ0v) is 20.3.